The van der Waals surface area contributed by atoms with Crippen LogP contribution in [0.4, 0.5) is 4.79 Å². The first-order valence-corrected chi connectivity index (χ1v) is 10.8. The van der Waals surface area contributed by atoms with Crippen molar-refractivity contribution in [3.8, 4) is 5.75 Å². The predicted molar refractivity (Wildman–Crippen MR) is 123 cm³/mol. The maximum Gasteiger partial charge on any atom is 0.407 e. The van der Waals surface area contributed by atoms with Crippen LogP contribution in [0.2, 0.25) is 0 Å². The number of hydrogen-bond donors (Lipinski definition) is 1. The van der Waals surface area contributed by atoms with Crippen molar-refractivity contribution in [3.63, 3.8) is 0 Å². The van der Waals surface area contributed by atoms with Gasteiger partial charge in [-0.15, -0.1) is 0 Å². The molecule has 0 spiro atoms. The molecule has 0 bridgehead atoms. The standard InChI is InChI=1S/C24H24INO3/c1-18(26-24(27)28-17-20-8-4-2-5-9-20)16-19-12-14-22(15-13-19)29-23(25)21-10-6-3-7-11-21/h2-15,18,23H,16-17H2,1H3,(H,26,27). The lowest BCUT2D eigenvalue weighted by molar-refractivity contribution is 0.136. The van der Waals surface area contributed by atoms with E-state index in [9.17, 15) is 4.79 Å². The normalized spacial score (nSPS) is 12.6. The summed E-state index contributed by atoms with van der Waals surface area (Å²) in [6.07, 6.45) is 0.310. The molecular formula is C24H24INO3. The Kier molecular flexibility index (Phi) is 7.93. The van der Waals surface area contributed by atoms with Crippen LogP contribution >= 0.6 is 22.6 Å². The molecule has 0 heterocycles. The van der Waals surface area contributed by atoms with E-state index in [4.69, 9.17) is 9.47 Å². The van der Waals surface area contributed by atoms with E-state index < -0.39 is 6.09 Å². The zero-order valence-electron chi connectivity index (χ0n) is 16.3. The van der Waals surface area contributed by atoms with Crippen molar-refractivity contribution in [3.05, 3.63) is 102 Å². The van der Waals surface area contributed by atoms with Crippen molar-refractivity contribution in [2.45, 2.75) is 30.1 Å². The van der Waals surface area contributed by atoms with Crippen molar-refractivity contribution >= 4 is 28.7 Å². The number of carbonyl (C=O) groups is 1. The molecule has 3 aromatic carbocycles. The molecule has 0 aliphatic rings. The number of amides is 1. The number of carbonyl (C=O) groups excluding carboxylic acids is 1. The smallest absolute Gasteiger partial charge is 0.407 e. The molecule has 0 aromatic heterocycles. The van der Waals surface area contributed by atoms with Gasteiger partial charge in [0, 0.05) is 11.6 Å². The fraction of sp³-hybridized carbons (Fsp3) is 0.208. The molecule has 2 atom stereocenters. The van der Waals surface area contributed by atoms with Gasteiger partial charge < -0.3 is 14.8 Å². The van der Waals surface area contributed by atoms with E-state index in [1.807, 2.05) is 79.7 Å². The highest BCUT2D eigenvalue weighted by Crippen LogP contribution is 2.27. The van der Waals surface area contributed by atoms with Gasteiger partial charge in [-0.1, -0.05) is 72.8 Å². The van der Waals surface area contributed by atoms with E-state index in [1.165, 1.54) is 0 Å². The van der Waals surface area contributed by atoms with Crippen molar-refractivity contribution < 1.29 is 14.3 Å². The molecule has 1 amide bonds. The third-order valence-corrected chi connectivity index (χ3v) is 5.32. The quantitative estimate of drug-likeness (QED) is 0.302. The molecule has 0 radical (unpaired) electrons. The van der Waals surface area contributed by atoms with Crippen LogP contribution in [-0.4, -0.2) is 12.1 Å². The number of halogens is 1. The van der Waals surface area contributed by atoms with Gasteiger partial charge in [-0.25, -0.2) is 4.79 Å². The molecule has 0 aliphatic heterocycles. The minimum absolute atomic E-state index is 0.0355. The Morgan fingerprint density at radius 1 is 0.897 bits per heavy atom. The van der Waals surface area contributed by atoms with Gasteiger partial charge in [-0.2, -0.15) is 0 Å². The van der Waals surface area contributed by atoms with Gasteiger partial charge in [0.1, 0.15) is 12.4 Å². The van der Waals surface area contributed by atoms with E-state index in [1.54, 1.807) is 0 Å². The molecule has 0 saturated carbocycles. The first kappa shape index (κ1) is 21.2. The van der Waals surface area contributed by atoms with Gasteiger partial charge in [0.15, 0.2) is 4.11 Å². The maximum absolute atomic E-state index is 12.0. The third-order valence-electron chi connectivity index (χ3n) is 4.34. The number of rotatable bonds is 8. The lowest BCUT2D eigenvalue weighted by Crippen LogP contribution is -2.34. The van der Waals surface area contributed by atoms with Crippen LogP contribution in [0.5, 0.6) is 5.75 Å². The second-order valence-corrected chi connectivity index (χ2v) is 7.93. The average molecular weight is 501 g/mol. The van der Waals surface area contributed by atoms with E-state index in [2.05, 4.69) is 40.0 Å². The summed E-state index contributed by atoms with van der Waals surface area (Å²) in [6.45, 7) is 2.23. The van der Waals surface area contributed by atoms with Gasteiger partial charge in [0.05, 0.1) is 0 Å². The largest absolute Gasteiger partial charge is 0.475 e. The molecule has 3 rings (SSSR count). The molecule has 1 N–H and O–H groups in total. The second-order valence-electron chi connectivity index (χ2n) is 6.80. The Hall–Kier alpha value is -2.54. The van der Waals surface area contributed by atoms with Crippen LogP contribution in [0.1, 0.15) is 27.7 Å². The van der Waals surface area contributed by atoms with E-state index >= 15 is 0 Å². The Morgan fingerprint density at radius 2 is 1.52 bits per heavy atom. The Labute approximate surface area is 185 Å². The topological polar surface area (TPSA) is 47.6 Å². The lowest BCUT2D eigenvalue weighted by atomic mass is 10.1. The summed E-state index contributed by atoms with van der Waals surface area (Å²) in [6, 6.07) is 27.7. The molecule has 0 fully saturated rings. The van der Waals surface area contributed by atoms with Crippen LogP contribution < -0.4 is 10.1 Å². The van der Waals surface area contributed by atoms with Crippen molar-refractivity contribution in [1.82, 2.24) is 5.32 Å². The Balaban J connectivity index is 1.44. The molecule has 2 unspecified atom stereocenters. The fourth-order valence-electron chi connectivity index (χ4n) is 2.87. The van der Waals surface area contributed by atoms with E-state index in [0.717, 1.165) is 22.4 Å². The summed E-state index contributed by atoms with van der Waals surface area (Å²) in [7, 11) is 0. The van der Waals surface area contributed by atoms with Crippen LogP contribution in [0.15, 0.2) is 84.9 Å². The highest BCUT2D eigenvalue weighted by Gasteiger charge is 2.11. The van der Waals surface area contributed by atoms with Crippen LogP contribution in [-0.2, 0) is 17.8 Å². The summed E-state index contributed by atoms with van der Waals surface area (Å²) >= 11 is 2.28. The first-order chi connectivity index (χ1) is 14.1. The molecule has 150 valence electrons. The first-order valence-electron chi connectivity index (χ1n) is 9.52. The molecule has 5 heteroatoms. The van der Waals surface area contributed by atoms with Gasteiger partial charge in [-0.05, 0) is 59.2 Å². The number of alkyl halides is 1. The summed E-state index contributed by atoms with van der Waals surface area (Å²) < 4.78 is 11.2. The Morgan fingerprint density at radius 3 is 2.17 bits per heavy atom. The number of benzene rings is 3. The summed E-state index contributed by atoms with van der Waals surface area (Å²) in [5.74, 6) is 0.819. The Bertz CT molecular complexity index is 885. The molecule has 3 aromatic rings. The second kappa shape index (κ2) is 10.9. The zero-order valence-corrected chi connectivity index (χ0v) is 18.4. The number of hydrogen-bond acceptors (Lipinski definition) is 3. The summed E-state index contributed by atoms with van der Waals surface area (Å²) in [4.78, 5) is 12.0. The number of nitrogens with one attached hydrogen (secondary N) is 1. The lowest BCUT2D eigenvalue weighted by Gasteiger charge is -2.16. The molecule has 4 nitrogen and oxygen atoms in total. The number of alkyl carbamates (subject to hydrolysis) is 1. The zero-order chi connectivity index (χ0) is 20.5. The average Bonchev–Trinajstić information content (AvgIpc) is 2.75. The van der Waals surface area contributed by atoms with Crippen molar-refractivity contribution in [1.29, 1.82) is 0 Å². The van der Waals surface area contributed by atoms with Gasteiger partial charge in [0.2, 0.25) is 0 Å². The van der Waals surface area contributed by atoms with E-state index in [0.29, 0.717) is 6.42 Å². The minimum atomic E-state index is -0.406. The highest BCUT2D eigenvalue weighted by atomic mass is 127. The van der Waals surface area contributed by atoms with Crippen molar-refractivity contribution in [2.75, 3.05) is 0 Å². The third kappa shape index (κ3) is 7.09. The van der Waals surface area contributed by atoms with Crippen LogP contribution in [0.25, 0.3) is 0 Å². The fourth-order valence-corrected chi connectivity index (χ4v) is 3.58. The highest BCUT2D eigenvalue weighted by molar-refractivity contribution is 14.1. The summed E-state index contributed by atoms with van der Waals surface area (Å²) in [5.41, 5.74) is 3.22. The number of ether oxygens (including phenoxy) is 2. The van der Waals surface area contributed by atoms with Crippen LogP contribution in [0, 0.1) is 0 Å². The van der Waals surface area contributed by atoms with Gasteiger partial charge >= 0.3 is 6.09 Å². The molecule has 0 saturated heterocycles. The maximum atomic E-state index is 12.0. The molecule has 29 heavy (non-hydrogen) atoms. The molecular weight excluding hydrogens is 477 g/mol. The minimum Gasteiger partial charge on any atom is -0.475 e. The SMILES string of the molecule is CC(Cc1ccc(OC(I)c2ccccc2)cc1)NC(=O)OCc1ccccc1. The van der Waals surface area contributed by atoms with Crippen molar-refractivity contribution in [2.24, 2.45) is 0 Å². The van der Waals surface area contributed by atoms with Crippen LogP contribution in [0.3, 0.4) is 0 Å². The van der Waals surface area contributed by atoms with Gasteiger partial charge in [0.25, 0.3) is 0 Å². The predicted octanol–water partition coefficient (Wildman–Crippen LogP) is 6.06. The molecule has 0 aliphatic carbocycles. The van der Waals surface area contributed by atoms with Gasteiger partial charge in [-0.3, -0.25) is 0 Å². The van der Waals surface area contributed by atoms with E-state index in [-0.39, 0.29) is 16.8 Å². The monoisotopic (exact) mass is 501 g/mol. The summed E-state index contributed by atoms with van der Waals surface area (Å²) in [5, 5.41) is 2.87.